The summed E-state index contributed by atoms with van der Waals surface area (Å²) in [5.74, 6) is -1.25. The number of halogens is 1. The van der Waals surface area contributed by atoms with E-state index < -0.39 is 5.97 Å². The lowest BCUT2D eigenvalue weighted by molar-refractivity contribution is -0.135. The van der Waals surface area contributed by atoms with Crippen molar-refractivity contribution >= 4 is 23.7 Å². The molecular weight excluding hydrogens is 293 g/mol. The largest absolute Gasteiger partial charge is 0.481 e. The van der Waals surface area contributed by atoms with Gasteiger partial charge in [0.2, 0.25) is 0 Å². The van der Waals surface area contributed by atoms with E-state index in [9.17, 15) is 9.18 Å². The van der Waals surface area contributed by atoms with Gasteiger partial charge in [0.25, 0.3) is 0 Å². The van der Waals surface area contributed by atoms with Crippen molar-refractivity contribution in [1.29, 1.82) is 0 Å². The maximum absolute atomic E-state index is 14.0. The molecule has 0 radical (unpaired) electrons. The number of rotatable bonds is 4. The zero-order chi connectivity index (χ0) is 16.4. The summed E-state index contributed by atoms with van der Waals surface area (Å²) in [6, 6.07) is 6.67. The summed E-state index contributed by atoms with van der Waals surface area (Å²) in [4.78, 5) is 15.0. The number of hydrogen-bond acceptors (Lipinski definition) is 2. The van der Waals surface area contributed by atoms with Crippen LogP contribution in [0.15, 0.2) is 42.2 Å². The third kappa shape index (κ3) is 3.21. The molecule has 1 aromatic heterocycles. The van der Waals surface area contributed by atoms with Crippen LogP contribution in [0.4, 0.5) is 4.39 Å². The minimum Gasteiger partial charge on any atom is -0.481 e. The normalized spacial score (nSPS) is 13.7. The van der Waals surface area contributed by atoms with Crippen molar-refractivity contribution in [3.8, 4) is 0 Å². The van der Waals surface area contributed by atoms with Crippen LogP contribution in [-0.4, -0.2) is 16.1 Å². The molecule has 0 saturated heterocycles. The van der Waals surface area contributed by atoms with Crippen LogP contribution in [0.5, 0.6) is 0 Å². The van der Waals surface area contributed by atoms with Gasteiger partial charge in [0.05, 0.1) is 6.42 Å². The minimum absolute atomic E-state index is 0.0736. The molecule has 3 rings (SSSR count). The molecule has 1 aliphatic rings. The van der Waals surface area contributed by atoms with E-state index in [1.807, 2.05) is 31.2 Å². The monoisotopic (exact) mass is 309 g/mol. The van der Waals surface area contributed by atoms with Crippen molar-refractivity contribution in [2.75, 3.05) is 0 Å². The number of pyridine rings is 1. The molecule has 1 N–H and O–H groups in total. The molecule has 0 saturated carbocycles. The number of aromatic nitrogens is 1. The summed E-state index contributed by atoms with van der Waals surface area (Å²) >= 11 is 0. The van der Waals surface area contributed by atoms with Crippen LogP contribution in [0.3, 0.4) is 0 Å². The Morgan fingerprint density at radius 2 is 2.04 bits per heavy atom. The summed E-state index contributed by atoms with van der Waals surface area (Å²) < 4.78 is 14.0. The number of benzene rings is 1. The van der Waals surface area contributed by atoms with Crippen molar-refractivity contribution in [2.45, 2.75) is 19.8 Å². The van der Waals surface area contributed by atoms with Gasteiger partial charge in [-0.25, -0.2) is 4.39 Å². The second-order valence-electron chi connectivity index (χ2n) is 5.64. The first-order chi connectivity index (χ1) is 11.0. The van der Waals surface area contributed by atoms with Crippen molar-refractivity contribution in [2.24, 2.45) is 0 Å². The summed E-state index contributed by atoms with van der Waals surface area (Å²) in [5, 5.41) is 9.06. The van der Waals surface area contributed by atoms with Gasteiger partial charge in [-0.15, -0.1) is 0 Å². The van der Waals surface area contributed by atoms with Gasteiger partial charge < -0.3 is 5.11 Å². The fraction of sp³-hybridized carbons (Fsp3) is 0.158. The van der Waals surface area contributed by atoms with Crippen LogP contribution in [0.25, 0.3) is 17.7 Å². The van der Waals surface area contributed by atoms with Crippen LogP contribution in [0.1, 0.15) is 35.6 Å². The van der Waals surface area contributed by atoms with E-state index in [2.05, 4.69) is 4.98 Å². The zero-order valence-electron chi connectivity index (χ0n) is 12.7. The number of aliphatic carboxylic acids is 1. The number of hydrogen-bond donors (Lipinski definition) is 1. The van der Waals surface area contributed by atoms with E-state index in [1.54, 1.807) is 12.4 Å². The quantitative estimate of drug-likeness (QED) is 0.921. The molecule has 0 aliphatic heterocycles. The molecule has 0 spiro atoms. The highest BCUT2D eigenvalue weighted by Crippen LogP contribution is 2.37. The molecule has 0 bridgehead atoms. The second kappa shape index (κ2) is 6.16. The molecule has 3 nitrogen and oxygen atoms in total. The molecule has 116 valence electrons. The summed E-state index contributed by atoms with van der Waals surface area (Å²) in [6.07, 6.45) is 7.76. The van der Waals surface area contributed by atoms with Gasteiger partial charge in [-0.2, -0.15) is 0 Å². The van der Waals surface area contributed by atoms with Crippen LogP contribution < -0.4 is 0 Å². The van der Waals surface area contributed by atoms with Crippen molar-refractivity contribution in [3.05, 3.63) is 70.3 Å². The highest BCUT2D eigenvalue weighted by Gasteiger charge is 2.23. The Morgan fingerprint density at radius 1 is 1.30 bits per heavy atom. The van der Waals surface area contributed by atoms with Crippen LogP contribution in [0.2, 0.25) is 0 Å². The van der Waals surface area contributed by atoms with E-state index in [0.29, 0.717) is 6.42 Å². The number of fused-ring (bicyclic) bond motifs is 1. The fourth-order valence-corrected chi connectivity index (χ4v) is 2.93. The first-order valence-corrected chi connectivity index (χ1v) is 7.36. The lowest BCUT2D eigenvalue weighted by Crippen LogP contribution is -1.98. The molecule has 0 atom stereocenters. The van der Waals surface area contributed by atoms with Gasteiger partial charge in [0.15, 0.2) is 0 Å². The smallest absolute Gasteiger partial charge is 0.307 e. The molecule has 1 aliphatic carbocycles. The fourth-order valence-electron chi connectivity index (χ4n) is 2.93. The minimum atomic E-state index is -0.898. The van der Waals surface area contributed by atoms with Gasteiger partial charge >= 0.3 is 5.97 Å². The predicted molar refractivity (Wildman–Crippen MR) is 88.1 cm³/mol. The number of carbonyl (C=O) groups is 1. The predicted octanol–water partition coefficient (Wildman–Crippen LogP) is 4.20. The van der Waals surface area contributed by atoms with Crippen LogP contribution >= 0.6 is 0 Å². The second-order valence-corrected chi connectivity index (χ2v) is 5.64. The Kier molecular flexibility index (Phi) is 4.06. The SMILES string of the molecule is CC1=C(CC(=O)O)c2cc(F)cc(/C=C/c3ccncc3)c2C1. The van der Waals surface area contributed by atoms with Crippen molar-refractivity contribution < 1.29 is 14.3 Å². The Morgan fingerprint density at radius 3 is 2.74 bits per heavy atom. The van der Waals surface area contributed by atoms with E-state index in [1.165, 1.54) is 12.1 Å². The van der Waals surface area contributed by atoms with Gasteiger partial charge in [0.1, 0.15) is 5.82 Å². The van der Waals surface area contributed by atoms with E-state index >= 15 is 0 Å². The summed E-state index contributed by atoms with van der Waals surface area (Å²) in [6.45, 7) is 1.91. The van der Waals surface area contributed by atoms with Crippen LogP contribution in [-0.2, 0) is 11.2 Å². The maximum Gasteiger partial charge on any atom is 0.307 e. The topological polar surface area (TPSA) is 50.2 Å². The Balaban J connectivity index is 2.00. The number of nitrogens with zero attached hydrogens (tertiary/aromatic N) is 1. The number of allylic oxidation sites excluding steroid dienone is 1. The third-order valence-electron chi connectivity index (χ3n) is 4.02. The third-order valence-corrected chi connectivity index (χ3v) is 4.02. The highest BCUT2D eigenvalue weighted by molar-refractivity contribution is 5.90. The molecule has 0 unspecified atom stereocenters. The average Bonchev–Trinajstić information content (AvgIpc) is 2.82. The van der Waals surface area contributed by atoms with E-state index in [-0.39, 0.29) is 12.2 Å². The van der Waals surface area contributed by atoms with Gasteiger partial charge in [0, 0.05) is 12.4 Å². The summed E-state index contributed by atoms with van der Waals surface area (Å²) in [7, 11) is 0. The molecule has 2 aromatic rings. The number of carboxylic acids is 1. The average molecular weight is 309 g/mol. The molecule has 0 amide bonds. The van der Waals surface area contributed by atoms with Gasteiger partial charge in [-0.1, -0.05) is 17.7 Å². The molecule has 0 fully saturated rings. The van der Waals surface area contributed by atoms with Gasteiger partial charge in [-0.3, -0.25) is 9.78 Å². The Labute approximate surface area is 133 Å². The lowest BCUT2D eigenvalue weighted by Gasteiger charge is -2.08. The Bertz CT molecular complexity index is 823. The first-order valence-electron chi connectivity index (χ1n) is 7.36. The highest BCUT2D eigenvalue weighted by atomic mass is 19.1. The van der Waals surface area contributed by atoms with Crippen molar-refractivity contribution in [1.82, 2.24) is 4.98 Å². The molecular formula is C19H16FNO2. The van der Waals surface area contributed by atoms with Gasteiger partial charge in [-0.05, 0) is 65.4 Å². The lowest BCUT2D eigenvalue weighted by atomic mass is 9.98. The molecule has 4 heteroatoms. The zero-order valence-corrected chi connectivity index (χ0v) is 12.7. The first kappa shape index (κ1) is 15.2. The number of carboxylic acid groups (broad SMARTS) is 1. The standard InChI is InChI=1S/C19H16FNO2/c1-12-8-17-14(3-2-13-4-6-21-7-5-13)9-15(20)10-18(17)16(12)11-19(22)23/h2-7,9-10H,8,11H2,1H3,(H,22,23)/b3-2+. The van der Waals surface area contributed by atoms with Crippen molar-refractivity contribution in [3.63, 3.8) is 0 Å². The molecule has 23 heavy (non-hydrogen) atoms. The van der Waals surface area contributed by atoms with Crippen LogP contribution in [0, 0.1) is 5.82 Å². The van der Waals surface area contributed by atoms with E-state index in [4.69, 9.17) is 5.11 Å². The Hall–Kier alpha value is -2.75. The summed E-state index contributed by atoms with van der Waals surface area (Å²) in [5.41, 5.74) is 5.20. The maximum atomic E-state index is 14.0. The molecule has 1 heterocycles. The molecule has 1 aromatic carbocycles. The van der Waals surface area contributed by atoms with E-state index in [0.717, 1.165) is 33.4 Å².